The van der Waals surface area contributed by atoms with Crippen LogP contribution in [0.3, 0.4) is 0 Å². The highest BCUT2D eigenvalue weighted by Gasteiger charge is 2.20. The number of amides is 1. The highest BCUT2D eigenvalue weighted by molar-refractivity contribution is 6.09. The molecule has 1 aliphatic heterocycles. The van der Waals surface area contributed by atoms with Crippen molar-refractivity contribution in [3.8, 4) is 5.75 Å². The molecule has 0 spiro atoms. The highest BCUT2D eigenvalue weighted by atomic mass is 16.5. The third-order valence-corrected chi connectivity index (χ3v) is 3.20. The quantitative estimate of drug-likeness (QED) is 0.840. The first-order chi connectivity index (χ1) is 10.7. The molecule has 2 N–H and O–H groups in total. The van der Waals surface area contributed by atoms with Gasteiger partial charge in [-0.3, -0.25) is 9.89 Å². The van der Waals surface area contributed by atoms with Crippen molar-refractivity contribution < 1.29 is 19.1 Å². The summed E-state index contributed by atoms with van der Waals surface area (Å²) in [5, 5.41) is 8.85. The minimum atomic E-state index is -0.605. The molecule has 0 radical (unpaired) electrons. The van der Waals surface area contributed by atoms with E-state index < -0.39 is 5.97 Å². The van der Waals surface area contributed by atoms with Crippen LogP contribution < -0.4 is 10.1 Å². The number of ether oxygens (including phenoxy) is 2. The molecule has 7 nitrogen and oxygen atoms in total. The van der Waals surface area contributed by atoms with E-state index in [4.69, 9.17) is 4.74 Å². The lowest BCUT2D eigenvalue weighted by molar-refractivity contribution is -0.113. The lowest BCUT2D eigenvalue weighted by atomic mass is 10.1. The zero-order valence-corrected chi connectivity index (χ0v) is 11.8. The summed E-state index contributed by atoms with van der Waals surface area (Å²) in [6, 6.07) is 7.43. The minimum Gasteiger partial charge on any atom is -0.488 e. The van der Waals surface area contributed by atoms with E-state index in [9.17, 15) is 9.59 Å². The van der Waals surface area contributed by atoms with E-state index in [0.717, 1.165) is 11.3 Å². The molecule has 22 heavy (non-hydrogen) atoms. The van der Waals surface area contributed by atoms with Gasteiger partial charge in [0.25, 0.3) is 5.91 Å². The fourth-order valence-corrected chi connectivity index (χ4v) is 2.09. The first-order valence-electron chi connectivity index (χ1n) is 6.54. The van der Waals surface area contributed by atoms with Gasteiger partial charge in [-0.15, -0.1) is 0 Å². The molecule has 1 aromatic carbocycles. The first kappa shape index (κ1) is 13.9. The molecule has 1 amide bonds. The van der Waals surface area contributed by atoms with Gasteiger partial charge in [-0.05, 0) is 12.1 Å². The molecule has 2 aromatic rings. The Labute approximate surface area is 125 Å². The van der Waals surface area contributed by atoms with E-state index in [0.29, 0.717) is 5.57 Å². The summed E-state index contributed by atoms with van der Waals surface area (Å²) in [4.78, 5) is 23.8. The van der Waals surface area contributed by atoms with Gasteiger partial charge in [0.2, 0.25) is 0 Å². The maximum absolute atomic E-state index is 12.3. The van der Waals surface area contributed by atoms with Crippen LogP contribution >= 0.6 is 0 Å². The number of methoxy groups -OCH3 is 1. The average molecular weight is 299 g/mol. The molecule has 1 aliphatic rings. The van der Waals surface area contributed by atoms with Crippen LogP contribution in [-0.2, 0) is 9.53 Å². The first-order valence-corrected chi connectivity index (χ1v) is 6.54. The number of carbonyl (C=O) groups is 2. The molecule has 3 rings (SSSR count). The van der Waals surface area contributed by atoms with Crippen LogP contribution in [0.5, 0.6) is 5.75 Å². The van der Waals surface area contributed by atoms with Crippen LogP contribution in [0.15, 0.2) is 36.0 Å². The lowest BCUT2D eigenvalue weighted by Crippen LogP contribution is -2.22. The number of aromatic amines is 1. The molecular formula is C15H13N3O4. The maximum Gasteiger partial charge on any atom is 0.358 e. The molecule has 0 saturated heterocycles. The second kappa shape index (κ2) is 5.72. The molecule has 112 valence electrons. The molecule has 0 saturated carbocycles. The zero-order chi connectivity index (χ0) is 15.5. The van der Waals surface area contributed by atoms with Crippen molar-refractivity contribution in [1.82, 2.24) is 10.2 Å². The normalized spacial score (nSPS) is 12.7. The van der Waals surface area contributed by atoms with Crippen molar-refractivity contribution in [2.45, 2.75) is 0 Å². The van der Waals surface area contributed by atoms with Crippen LogP contribution in [-0.4, -0.2) is 35.8 Å². The summed E-state index contributed by atoms with van der Waals surface area (Å²) in [6.45, 7) is 0.161. The van der Waals surface area contributed by atoms with Crippen LogP contribution in [0, 0.1) is 0 Å². The summed E-state index contributed by atoms with van der Waals surface area (Å²) in [5.41, 5.74) is 1.64. The van der Waals surface area contributed by atoms with Crippen molar-refractivity contribution >= 4 is 23.6 Å². The van der Waals surface area contributed by atoms with Crippen molar-refractivity contribution in [3.05, 3.63) is 47.3 Å². The van der Waals surface area contributed by atoms with Crippen LogP contribution in [0.25, 0.3) is 6.08 Å². The number of hydrogen-bond acceptors (Lipinski definition) is 5. The molecule has 2 heterocycles. The van der Waals surface area contributed by atoms with E-state index in [2.05, 4.69) is 20.3 Å². The smallest absolute Gasteiger partial charge is 0.358 e. The number of hydrogen-bond donors (Lipinski definition) is 2. The van der Waals surface area contributed by atoms with E-state index in [1.807, 2.05) is 24.3 Å². The maximum atomic E-state index is 12.3. The standard InChI is InChI=1S/C15H13N3O4/c1-21-15(20)13-11(7-16-18-13)17-14(19)10-6-9-4-2-3-5-12(9)22-8-10/h2-7H,8H2,1H3,(H,16,18)(H,17,19). The Bertz CT molecular complexity index is 764. The molecule has 0 bridgehead atoms. The molecule has 0 unspecified atom stereocenters. The monoisotopic (exact) mass is 299 g/mol. The molecule has 0 aliphatic carbocycles. The number of carbonyl (C=O) groups excluding carboxylic acids is 2. The number of H-pyrrole nitrogens is 1. The van der Waals surface area contributed by atoms with Crippen molar-refractivity contribution in [1.29, 1.82) is 0 Å². The predicted octanol–water partition coefficient (Wildman–Crippen LogP) is 1.61. The zero-order valence-electron chi connectivity index (χ0n) is 11.8. The Hall–Kier alpha value is -3.09. The van der Waals surface area contributed by atoms with Gasteiger partial charge in [-0.2, -0.15) is 5.10 Å². The average Bonchev–Trinajstić information content (AvgIpc) is 3.01. The summed E-state index contributed by atoms with van der Waals surface area (Å²) >= 11 is 0. The Morgan fingerprint density at radius 3 is 3.00 bits per heavy atom. The van der Waals surface area contributed by atoms with Crippen LogP contribution in [0.1, 0.15) is 16.1 Å². The molecule has 7 heteroatoms. The number of rotatable bonds is 3. The third-order valence-electron chi connectivity index (χ3n) is 3.20. The van der Waals surface area contributed by atoms with E-state index in [1.54, 1.807) is 6.08 Å². The summed E-state index contributed by atoms with van der Waals surface area (Å²) in [7, 11) is 1.25. The van der Waals surface area contributed by atoms with E-state index >= 15 is 0 Å². The summed E-state index contributed by atoms with van der Waals surface area (Å²) in [5.74, 6) is -0.231. The molecule has 0 fully saturated rings. The molecule has 0 atom stereocenters. The number of fused-ring (bicyclic) bond motifs is 1. The summed E-state index contributed by atoms with van der Waals surface area (Å²) < 4.78 is 10.1. The van der Waals surface area contributed by atoms with Gasteiger partial charge < -0.3 is 14.8 Å². The minimum absolute atomic E-state index is 0.0913. The van der Waals surface area contributed by atoms with Gasteiger partial charge in [0.1, 0.15) is 12.4 Å². The Kier molecular flexibility index (Phi) is 3.61. The number of nitrogens with one attached hydrogen (secondary N) is 2. The Morgan fingerprint density at radius 2 is 2.18 bits per heavy atom. The number of anilines is 1. The van der Waals surface area contributed by atoms with Gasteiger partial charge in [-0.1, -0.05) is 18.2 Å². The largest absolute Gasteiger partial charge is 0.488 e. The highest BCUT2D eigenvalue weighted by Crippen LogP contribution is 2.26. The fourth-order valence-electron chi connectivity index (χ4n) is 2.09. The van der Waals surface area contributed by atoms with Crippen molar-refractivity contribution in [3.63, 3.8) is 0 Å². The van der Waals surface area contributed by atoms with Crippen LogP contribution in [0.2, 0.25) is 0 Å². The van der Waals surface area contributed by atoms with Gasteiger partial charge in [0, 0.05) is 5.56 Å². The number of esters is 1. The number of para-hydroxylation sites is 1. The Balaban J connectivity index is 1.80. The van der Waals surface area contributed by atoms with Gasteiger partial charge in [-0.25, -0.2) is 4.79 Å². The lowest BCUT2D eigenvalue weighted by Gasteiger charge is -2.17. The Morgan fingerprint density at radius 1 is 1.36 bits per heavy atom. The van der Waals surface area contributed by atoms with Gasteiger partial charge in [0.05, 0.1) is 24.6 Å². The van der Waals surface area contributed by atoms with Gasteiger partial charge in [0.15, 0.2) is 5.69 Å². The number of nitrogens with zero attached hydrogens (tertiary/aromatic N) is 1. The second-order valence-electron chi connectivity index (χ2n) is 4.60. The van der Waals surface area contributed by atoms with Crippen molar-refractivity contribution in [2.75, 3.05) is 19.0 Å². The van der Waals surface area contributed by atoms with E-state index in [-0.39, 0.29) is 23.9 Å². The SMILES string of the molecule is COC(=O)c1[nH]ncc1NC(=O)C1=Cc2ccccc2OC1. The van der Waals surface area contributed by atoms with E-state index in [1.165, 1.54) is 13.3 Å². The van der Waals surface area contributed by atoms with Crippen LogP contribution in [0.4, 0.5) is 5.69 Å². The third kappa shape index (κ3) is 2.56. The topological polar surface area (TPSA) is 93.3 Å². The second-order valence-corrected chi connectivity index (χ2v) is 4.60. The molecular weight excluding hydrogens is 286 g/mol. The number of aromatic nitrogens is 2. The molecule has 1 aromatic heterocycles. The van der Waals surface area contributed by atoms with Crippen molar-refractivity contribution in [2.24, 2.45) is 0 Å². The number of benzene rings is 1. The summed E-state index contributed by atoms with van der Waals surface area (Å²) in [6.07, 6.45) is 3.11. The fraction of sp³-hybridized carbons (Fsp3) is 0.133. The predicted molar refractivity (Wildman–Crippen MR) is 78.5 cm³/mol. The van der Waals surface area contributed by atoms with Gasteiger partial charge >= 0.3 is 5.97 Å².